The van der Waals surface area contributed by atoms with E-state index in [2.05, 4.69) is 14.8 Å². The van der Waals surface area contributed by atoms with Gasteiger partial charge in [-0.2, -0.15) is 13.2 Å². The molecule has 1 aromatic heterocycles. The van der Waals surface area contributed by atoms with E-state index in [1.165, 1.54) is 12.1 Å². The molecule has 0 radical (unpaired) electrons. The normalized spacial score (nSPS) is 17.7. The first-order valence-corrected chi connectivity index (χ1v) is 11.4. The maximum Gasteiger partial charge on any atom is 0.416 e. The monoisotopic (exact) mass is 475 g/mol. The first-order chi connectivity index (χ1) is 16.3. The second-order valence-corrected chi connectivity index (χ2v) is 8.51. The van der Waals surface area contributed by atoms with E-state index in [0.29, 0.717) is 52.2 Å². The Bertz CT molecular complexity index is 968. The summed E-state index contributed by atoms with van der Waals surface area (Å²) in [4.78, 5) is 37.5. The zero-order chi connectivity index (χ0) is 24.1. The number of carbonyl (C=O) groups is 2. The van der Waals surface area contributed by atoms with E-state index in [0.717, 1.165) is 31.0 Å². The van der Waals surface area contributed by atoms with Crippen LogP contribution in [0.1, 0.15) is 22.3 Å². The molecule has 0 spiro atoms. The molecule has 10 heteroatoms. The van der Waals surface area contributed by atoms with Crippen LogP contribution in [-0.4, -0.2) is 90.4 Å². The SMILES string of the molecule is O=C(CCN1CCN(C(=O)c2ccc(C(F)(F)F)cc2)CC1)N1CCN(c2ccccn2)CC1. The quantitative estimate of drug-likeness (QED) is 0.666. The first-order valence-electron chi connectivity index (χ1n) is 11.4. The largest absolute Gasteiger partial charge is 0.416 e. The fourth-order valence-corrected chi connectivity index (χ4v) is 4.30. The number of aromatic nitrogens is 1. The van der Waals surface area contributed by atoms with Crippen LogP contribution >= 0.6 is 0 Å². The lowest BCUT2D eigenvalue weighted by atomic mass is 10.1. The van der Waals surface area contributed by atoms with Crippen molar-refractivity contribution in [2.45, 2.75) is 12.6 Å². The van der Waals surface area contributed by atoms with E-state index < -0.39 is 11.7 Å². The number of hydrogen-bond donors (Lipinski definition) is 0. The number of alkyl halides is 3. The minimum absolute atomic E-state index is 0.129. The smallest absolute Gasteiger partial charge is 0.353 e. The maximum atomic E-state index is 12.7. The van der Waals surface area contributed by atoms with Crippen molar-refractivity contribution in [3.05, 3.63) is 59.8 Å². The second kappa shape index (κ2) is 10.4. The van der Waals surface area contributed by atoms with E-state index in [4.69, 9.17) is 0 Å². The molecule has 0 unspecified atom stereocenters. The topological polar surface area (TPSA) is 60.0 Å². The lowest BCUT2D eigenvalue weighted by Crippen LogP contribution is -2.51. The van der Waals surface area contributed by atoms with E-state index in [9.17, 15) is 22.8 Å². The first kappa shape index (κ1) is 24.0. The van der Waals surface area contributed by atoms with Gasteiger partial charge in [-0.1, -0.05) is 6.07 Å². The lowest BCUT2D eigenvalue weighted by molar-refractivity contribution is -0.137. The van der Waals surface area contributed by atoms with E-state index in [1.807, 2.05) is 23.1 Å². The van der Waals surface area contributed by atoms with E-state index in [1.54, 1.807) is 11.1 Å². The molecule has 7 nitrogen and oxygen atoms in total. The molecule has 2 fully saturated rings. The van der Waals surface area contributed by atoms with Gasteiger partial charge in [0.1, 0.15) is 5.82 Å². The highest BCUT2D eigenvalue weighted by Gasteiger charge is 2.31. The molecule has 0 atom stereocenters. The molecule has 2 aliphatic heterocycles. The molecule has 3 heterocycles. The summed E-state index contributed by atoms with van der Waals surface area (Å²) < 4.78 is 38.2. The van der Waals surface area contributed by atoms with Crippen LogP contribution in [0.5, 0.6) is 0 Å². The average Bonchev–Trinajstić information content (AvgIpc) is 2.87. The van der Waals surface area contributed by atoms with Gasteiger partial charge in [0.15, 0.2) is 0 Å². The van der Waals surface area contributed by atoms with Gasteiger partial charge in [0, 0.05) is 77.1 Å². The summed E-state index contributed by atoms with van der Waals surface area (Å²) >= 11 is 0. The second-order valence-electron chi connectivity index (χ2n) is 8.51. The number of pyridine rings is 1. The highest BCUT2D eigenvalue weighted by molar-refractivity contribution is 5.94. The summed E-state index contributed by atoms with van der Waals surface area (Å²) in [6, 6.07) is 10.1. The van der Waals surface area contributed by atoms with Crippen molar-refractivity contribution < 1.29 is 22.8 Å². The molecule has 2 amide bonds. The maximum absolute atomic E-state index is 12.7. The van der Waals surface area contributed by atoms with E-state index in [-0.39, 0.29) is 17.4 Å². The molecule has 2 saturated heterocycles. The Kier molecular flexibility index (Phi) is 7.35. The fraction of sp³-hybridized carbons (Fsp3) is 0.458. The van der Waals surface area contributed by atoms with Gasteiger partial charge in [0.05, 0.1) is 5.56 Å². The Balaban J connectivity index is 1.18. The Morgan fingerprint density at radius 2 is 1.47 bits per heavy atom. The Morgan fingerprint density at radius 1 is 0.824 bits per heavy atom. The highest BCUT2D eigenvalue weighted by atomic mass is 19.4. The predicted octanol–water partition coefficient (Wildman–Crippen LogP) is 2.60. The predicted molar refractivity (Wildman–Crippen MR) is 121 cm³/mol. The third-order valence-electron chi connectivity index (χ3n) is 6.37. The third kappa shape index (κ3) is 5.85. The summed E-state index contributed by atoms with van der Waals surface area (Å²) in [5.41, 5.74) is -0.516. The van der Waals surface area contributed by atoms with Crippen molar-refractivity contribution in [1.82, 2.24) is 19.7 Å². The number of amides is 2. The molecule has 0 aliphatic carbocycles. The summed E-state index contributed by atoms with van der Waals surface area (Å²) in [5, 5.41) is 0. The van der Waals surface area contributed by atoms with Crippen LogP contribution in [0.15, 0.2) is 48.7 Å². The minimum atomic E-state index is -4.42. The van der Waals surface area contributed by atoms with Gasteiger partial charge in [-0.15, -0.1) is 0 Å². The molecule has 0 bridgehead atoms. The molecule has 0 N–H and O–H groups in total. The molecule has 1 aromatic carbocycles. The zero-order valence-electron chi connectivity index (χ0n) is 18.9. The van der Waals surface area contributed by atoms with Gasteiger partial charge < -0.3 is 14.7 Å². The van der Waals surface area contributed by atoms with Gasteiger partial charge in [0.25, 0.3) is 5.91 Å². The molecular weight excluding hydrogens is 447 g/mol. The van der Waals surface area contributed by atoms with Gasteiger partial charge in [-0.05, 0) is 36.4 Å². The number of rotatable bonds is 5. The van der Waals surface area contributed by atoms with Gasteiger partial charge in [-0.25, -0.2) is 4.98 Å². The Labute approximate surface area is 196 Å². The molecule has 182 valence electrons. The van der Waals surface area contributed by atoms with Crippen LogP contribution in [0.25, 0.3) is 0 Å². The molecule has 4 rings (SSSR count). The number of hydrogen-bond acceptors (Lipinski definition) is 5. The molecular formula is C24H28F3N5O2. The van der Waals surface area contributed by atoms with Crippen molar-refractivity contribution >= 4 is 17.6 Å². The summed E-state index contributed by atoms with van der Waals surface area (Å²) in [6.07, 6.45) is -2.22. The number of benzene rings is 1. The summed E-state index contributed by atoms with van der Waals surface area (Å²) in [5.74, 6) is 0.789. The van der Waals surface area contributed by atoms with Crippen LogP contribution in [0.2, 0.25) is 0 Å². The van der Waals surface area contributed by atoms with Crippen molar-refractivity contribution in [3.8, 4) is 0 Å². The Morgan fingerprint density at radius 3 is 2.06 bits per heavy atom. The molecule has 2 aromatic rings. The third-order valence-corrected chi connectivity index (χ3v) is 6.37. The van der Waals surface area contributed by atoms with Crippen LogP contribution in [0, 0.1) is 0 Å². The van der Waals surface area contributed by atoms with Crippen LogP contribution in [0.3, 0.4) is 0 Å². The molecule has 2 aliphatic rings. The van der Waals surface area contributed by atoms with E-state index >= 15 is 0 Å². The van der Waals surface area contributed by atoms with Crippen LogP contribution < -0.4 is 4.90 Å². The van der Waals surface area contributed by atoms with Gasteiger partial charge in [0.2, 0.25) is 5.91 Å². The molecule has 34 heavy (non-hydrogen) atoms. The number of halogens is 3. The number of carbonyl (C=O) groups excluding carboxylic acids is 2. The number of anilines is 1. The minimum Gasteiger partial charge on any atom is -0.353 e. The number of piperazine rings is 2. The fourth-order valence-electron chi connectivity index (χ4n) is 4.30. The van der Waals surface area contributed by atoms with Crippen molar-refractivity contribution in [2.24, 2.45) is 0 Å². The zero-order valence-corrected chi connectivity index (χ0v) is 18.9. The Hall–Kier alpha value is -3.14. The van der Waals surface area contributed by atoms with Crippen LogP contribution in [-0.2, 0) is 11.0 Å². The lowest BCUT2D eigenvalue weighted by Gasteiger charge is -2.37. The van der Waals surface area contributed by atoms with Crippen molar-refractivity contribution in [1.29, 1.82) is 0 Å². The summed E-state index contributed by atoms with van der Waals surface area (Å²) in [6.45, 7) is 5.71. The van der Waals surface area contributed by atoms with Crippen molar-refractivity contribution in [3.63, 3.8) is 0 Å². The van der Waals surface area contributed by atoms with Gasteiger partial charge in [-0.3, -0.25) is 14.5 Å². The summed E-state index contributed by atoms with van der Waals surface area (Å²) in [7, 11) is 0. The average molecular weight is 476 g/mol. The standard InChI is InChI=1S/C24H28F3N5O2/c25-24(26,27)20-6-4-19(5-7-20)23(34)32-13-11-29(12-14-32)10-8-22(33)31-17-15-30(16-18-31)21-3-1-2-9-28-21/h1-7,9H,8,10-18H2. The van der Waals surface area contributed by atoms with Gasteiger partial charge >= 0.3 is 6.18 Å². The number of nitrogens with zero attached hydrogens (tertiary/aromatic N) is 5. The molecule has 0 saturated carbocycles. The van der Waals surface area contributed by atoms with Crippen LogP contribution in [0.4, 0.5) is 19.0 Å². The highest BCUT2D eigenvalue weighted by Crippen LogP contribution is 2.29. The van der Waals surface area contributed by atoms with Crippen molar-refractivity contribution in [2.75, 3.05) is 63.8 Å².